The Morgan fingerprint density at radius 2 is 2.00 bits per heavy atom. The SMILES string of the molecule is CCc1nc(Cc2ccc(OC)cc2)sc1C(C)N. The molecule has 4 heteroatoms. The second-order valence-corrected chi connectivity index (χ2v) is 5.70. The summed E-state index contributed by atoms with van der Waals surface area (Å²) >= 11 is 1.73. The maximum absolute atomic E-state index is 5.99. The topological polar surface area (TPSA) is 48.1 Å². The van der Waals surface area contributed by atoms with Crippen LogP contribution in [-0.2, 0) is 12.8 Å². The van der Waals surface area contributed by atoms with Crippen LogP contribution < -0.4 is 10.5 Å². The van der Waals surface area contributed by atoms with E-state index in [9.17, 15) is 0 Å². The number of aromatic nitrogens is 1. The number of methoxy groups -OCH3 is 1. The molecule has 1 atom stereocenters. The summed E-state index contributed by atoms with van der Waals surface area (Å²) in [6.07, 6.45) is 1.80. The van der Waals surface area contributed by atoms with Gasteiger partial charge in [0, 0.05) is 17.3 Å². The van der Waals surface area contributed by atoms with Crippen molar-refractivity contribution in [1.82, 2.24) is 4.98 Å². The van der Waals surface area contributed by atoms with E-state index in [2.05, 4.69) is 19.1 Å². The lowest BCUT2D eigenvalue weighted by atomic mass is 10.1. The highest BCUT2D eigenvalue weighted by molar-refractivity contribution is 7.11. The van der Waals surface area contributed by atoms with Crippen molar-refractivity contribution in [2.24, 2.45) is 5.73 Å². The fourth-order valence-electron chi connectivity index (χ4n) is 2.02. The number of rotatable bonds is 5. The number of aryl methyl sites for hydroxylation is 1. The monoisotopic (exact) mass is 276 g/mol. The lowest BCUT2D eigenvalue weighted by Crippen LogP contribution is -2.05. The zero-order valence-electron chi connectivity index (χ0n) is 11.6. The standard InChI is InChI=1S/C15H20N2OS/c1-4-13-15(10(2)16)19-14(17-13)9-11-5-7-12(18-3)8-6-11/h5-8,10H,4,9,16H2,1-3H3. The molecule has 2 N–H and O–H groups in total. The van der Waals surface area contributed by atoms with E-state index < -0.39 is 0 Å². The molecule has 1 aromatic carbocycles. The van der Waals surface area contributed by atoms with Gasteiger partial charge < -0.3 is 10.5 Å². The Balaban J connectivity index is 2.18. The Kier molecular flexibility index (Phi) is 4.56. The maximum atomic E-state index is 5.99. The Morgan fingerprint density at radius 1 is 1.32 bits per heavy atom. The highest BCUT2D eigenvalue weighted by atomic mass is 32.1. The molecule has 19 heavy (non-hydrogen) atoms. The van der Waals surface area contributed by atoms with E-state index in [-0.39, 0.29) is 6.04 Å². The molecule has 1 unspecified atom stereocenters. The molecule has 0 aliphatic carbocycles. The van der Waals surface area contributed by atoms with Gasteiger partial charge in [-0.05, 0) is 31.0 Å². The molecular formula is C15H20N2OS. The normalized spacial score (nSPS) is 12.4. The molecule has 102 valence electrons. The third-order valence-corrected chi connectivity index (χ3v) is 4.33. The van der Waals surface area contributed by atoms with Gasteiger partial charge in [0.15, 0.2) is 0 Å². The van der Waals surface area contributed by atoms with E-state index in [0.717, 1.165) is 29.3 Å². The fourth-order valence-corrected chi connectivity index (χ4v) is 3.16. The Labute approximate surface area is 118 Å². The van der Waals surface area contributed by atoms with Crippen LogP contribution in [0.5, 0.6) is 5.75 Å². The van der Waals surface area contributed by atoms with E-state index in [4.69, 9.17) is 15.5 Å². The molecular weight excluding hydrogens is 256 g/mol. The van der Waals surface area contributed by atoms with E-state index >= 15 is 0 Å². The predicted molar refractivity (Wildman–Crippen MR) is 79.9 cm³/mol. The second-order valence-electron chi connectivity index (χ2n) is 4.59. The molecule has 1 aromatic heterocycles. The van der Waals surface area contributed by atoms with Crippen LogP contribution in [0.15, 0.2) is 24.3 Å². The smallest absolute Gasteiger partial charge is 0.118 e. The summed E-state index contributed by atoms with van der Waals surface area (Å²) < 4.78 is 5.16. The van der Waals surface area contributed by atoms with Crippen LogP contribution in [0.3, 0.4) is 0 Å². The molecule has 0 saturated carbocycles. The molecule has 2 aromatic rings. The molecule has 0 aliphatic rings. The van der Waals surface area contributed by atoms with Crippen LogP contribution in [0, 0.1) is 0 Å². The minimum absolute atomic E-state index is 0.0667. The van der Waals surface area contributed by atoms with Crippen LogP contribution in [0.4, 0.5) is 0 Å². The van der Waals surface area contributed by atoms with E-state index in [1.165, 1.54) is 10.4 Å². The van der Waals surface area contributed by atoms with E-state index in [1.54, 1.807) is 18.4 Å². The van der Waals surface area contributed by atoms with Gasteiger partial charge in [-0.2, -0.15) is 0 Å². The molecule has 0 spiro atoms. The van der Waals surface area contributed by atoms with Gasteiger partial charge in [0.1, 0.15) is 5.75 Å². The van der Waals surface area contributed by atoms with Crippen molar-refractivity contribution < 1.29 is 4.74 Å². The molecule has 0 fully saturated rings. The van der Waals surface area contributed by atoms with Crippen molar-refractivity contribution in [3.05, 3.63) is 45.4 Å². The lowest BCUT2D eigenvalue weighted by molar-refractivity contribution is 0.414. The van der Waals surface area contributed by atoms with Gasteiger partial charge in [0.25, 0.3) is 0 Å². The van der Waals surface area contributed by atoms with Gasteiger partial charge in [-0.25, -0.2) is 4.98 Å². The van der Waals surface area contributed by atoms with Gasteiger partial charge in [-0.15, -0.1) is 11.3 Å². The van der Waals surface area contributed by atoms with Crippen LogP contribution in [0.2, 0.25) is 0 Å². The predicted octanol–water partition coefficient (Wildman–Crippen LogP) is 3.32. The summed E-state index contributed by atoms with van der Waals surface area (Å²) in [7, 11) is 1.68. The molecule has 0 bridgehead atoms. The average molecular weight is 276 g/mol. The van der Waals surface area contributed by atoms with Crippen molar-refractivity contribution in [2.75, 3.05) is 7.11 Å². The zero-order valence-corrected chi connectivity index (χ0v) is 12.5. The summed E-state index contributed by atoms with van der Waals surface area (Å²) in [5, 5.41) is 1.13. The number of hydrogen-bond acceptors (Lipinski definition) is 4. The molecule has 3 nitrogen and oxygen atoms in total. The molecule has 1 heterocycles. The first kappa shape index (κ1) is 14.0. The molecule has 0 amide bonds. The summed E-state index contributed by atoms with van der Waals surface area (Å²) in [5.41, 5.74) is 8.37. The summed E-state index contributed by atoms with van der Waals surface area (Å²) in [6, 6.07) is 8.19. The molecule has 0 aliphatic heterocycles. The summed E-state index contributed by atoms with van der Waals surface area (Å²) in [6.45, 7) is 4.14. The third-order valence-electron chi connectivity index (χ3n) is 3.03. The van der Waals surface area contributed by atoms with E-state index in [1.807, 2.05) is 19.1 Å². The van der Waals surface area contributed by atoms with Gasteiger partial charge in [0.05, 0.1) is 17.8 Å². The highest BCUT2D eigenvalue weighted by Crippen LogP contribution is 2.26. The quantitative estimate of drug-likeness (QED) is 0.911. The van der Waals surface area contributed by atoms with E-state index in [0.29, 0.717) is 0 Å². The molecule has 2 rings (SSSR count). The van der Waals surface area contributed by atoms with Crippen molar-refractivity contribution in [3.8, 4) is 5.75 Å². The minimum Gasteiger partial charge on any atom is -0.497 e. The molecule has 0 radical (unpaired) electrons. The van der Waals surface area contributed by atoms with Gasteiger partial charge in [-0.1, -0.05) is 19.1 Å². The first-order valence-corrected chi connectivity index (χ1v) is 7.32. The van der Waals surface area contributed by atoms with Gasteiger partial charge in [0.2, 0.25) is 0 Å². The Morgan fingerprint density at radius 3 is 2.47 bits per heavy atom. The average Bonchev–Trinajstić information content (AvgIpc) is 2.83. The fraction of sp³-hybridized carbons (Fsp3) is 0.400. The van der Waals surface area contributed by atoms with Crippen LogP contribution in [0.1, 0.15) is 41.0 Å². The van der Waals surface area contributed by atoms with Gasteiger partial charge >= 0.3 is 0 Å². The lowest BCUT2D eigenvalue weighted by Gasteiger charge is -2.02. The first-order valence-electron chi connectivity index (χ1n) is 6.51. The highest BCUT2D eigenvalue weighted by Gasteiger charge is 2.13. The van der Waals surface area contributed by atoms with Crippen molar-refractivity contribution in [3.63, 3.8) is 0 Å². The zero-order chi connectivity index (χ0) is 13.8. The van der Waals surface area contributed by atoms with Crippen molar-refractivity contribution in [2.45, 2.75) is 32.7 Å². The number of ether oxygens (including phenoxy) is 1. The number of hydrogen-bond donors (Lipinski definition) is 1. The Hall–Kier alpha value is -1.39. The minimum atomic E-state index is 0.0667. The third kappa shape index (κ3) is 3.33. The molecule has 0 saturated heterocycles. The Bertz CT molecular complexity index is 532. The summed E-state index contributed by atoms with van der Waals surface area (Å²) in [5.74, 6) is 0.883. The van der Waals surface area contributed by atoms with Crippen molar-refractivity contribution in [1.29, 1.82) is 0 Å². The first-order chi connectivity index (χ1) is 9.13. The summed E-state index contributed by atoms with van der Waals surface area (Å²) in [4.78, 5) is 5.91. The number of nitrogens with zero attached hydrogens (tertiary/aromatic N) is 1. The van der Waals surface area contributed by atoms with Crippen LogP contribution >= 0.6 is 11.3 Å². The number of thiazole rings is 1. The largest absolute Gasteiger partial charge is 0.497 e. The number of benzene rings is 1. The van der Waals surface area contributed by atoms with Gasteiger partial charge in [-0.3, -0.25) is 0 Å². The van der Waals surface area contributed by atoms with Crippen LogP contribution in [-0.4, -0.2) is 12.1 Å². The van der Waals surface area contributed by atoms with Crippen LogP contribution in [0.25, 0.3) is 0 Å². The maximum Gasteiger partial charge on any atom is 0.118 e. The second kappa shape index (κ2) is 6.17. The number of nitrogens with two attached hydrogens (primary N) is 1. The van der Waals surface area contributed by atoms with Crippen molar-refractivity contribution >= 4 is 11.3 Å².